The lowest BCUT2D eigenvalue weighted by Gasteiger charge is -2.21. The molecule has 2 aromatic carbocycles. The van der Waals surface area contributed by atoms with Crippen LogP contribution in [0.2, 0.25) is 25.2 Å². The number of hydrogen-bond donors (Lipinski definition) is 0. The van der Waals surface area contributed by atoms with E-state index in [1.807, 2.05) is 48.5 Å². The normalized spacial score (nSPS) is 11.0. The molecule has 4 nitrogen and oxygen atoms in total. The number of thiophene rings is 1. The molecule has 6 heteroatoms. The highest BCUT2D eigenvalue weighted by Gasteiger charge is 2.19. The number of rotatable bonds is 15. The van der Waals surface area contributed by atoms with Gasteiger partial charge in [0, 0.05) is 13.0 Å². The Kier molecular flexibility index (Phi) is 14.8. The van der Waals surface area contributed by atoms with Crippen LogP contribution in [0.25, 0.3) is 11.1 Å². The van der Waals surface area contributed by atoms with Crippen molar-refractivity contribution in [2.24, 2.45) is 0 Å². The second kappa shape index (κ2) is 17.8. The molecule has 1 aromatic heterocycles. The highest BCUT2D eigenvalue weighted by Crippen LogP contribution is 2.22. The van der Waals surface area contributed by atoms with Gasteiger partial charge in [0.1, 0.15) is 0 Å². The third-order valence-electron chi connectivity index (χ3n) is 6.81. The van der Waals surface area contributed by atoms with Crippen LogP contribution in [0.15, 0.2) is 66.7 Å². The van der Waals surface area contributed by atoms with E-state index < -0.39 is 14.0 Å². The number of hydrogen-bond acceptors (Lipinski definition) is 5. The lowest BCUT2D eigenvalue weighted by Crippen LogP contribution is -2.25. The van der Waals surface area contributed by atoms with Crippen molar-refractivity contribution in [1.29, 1.82) is 0 Å². The average molecular weight is 566 g/mol. The zero-order valence-corrected chi connectivity index (χ0v) is 26.0. The molecule has 0 bridgehead atoms. The van der Waals surface area contributed by atoms with Gasteiger partial charge in [-0.1, -0.05) is 114 Å². The first-order chi connectivity index (χ1) is 18.8. The summed E-state index contributed by atoms with van der Waals surface area (Å²) in [6.45, 7) is 9.83. The predicted molar refractivity (Wildman–Crippen MR) is 165 cm³/mol. The van der Waals surface area contributed by atoms with Gasteiger partial charge in [-0.2, -0.15) is 0 Å². The minimum atomic E-state index is -1.11. The van der Waals surface area contributed by atoms with Crippen molar-refractivity contribution in [3.05, 3.63) is 82.0 Å². The molecule has 3 aromatic rings. The summed E-state index contributed by atoms with van der Waals surface area (Å²) in [7, 11) is -1.11. The number of ether oxygens (including phenoxy) is 1. The Hall–Kier alpha value is -2.70. The minimum absolute atomic E-state index is 0.215. The lowest BCUT2D eigenvalue weighted by atomic mass is 10.0. The number of benzene rings is 2. The van der Waals surface area contributed by atoms with Crippen LogP contribution in [-0.4, -0.2) is 26.6 Å². The average Bonchev–Trinajstić information content (AvgIpc) is 3.43. The zero-order valence-electron chi connectivity index (χ0n) is 24.2. The van der Waals surface area contributed by atoms with Crippen LogP contribution in [-0.2, 0) is 11.2 Å². The van der Waals surface area contributed by atoms with Gasteiger partial charge >= 0.3 is 5.97 Å². The van der Waals surface area contributed by atoms with E-state index in [4.69, 9.17) is 4.74 Å². The number of unbranched alkanes of at least 4 members (excludes halogenated alkanes) is 4. The second-order valence-electron chi connectivity index (χ2n) is 10.8. The third-order valence-corrected chi connectivity index (χ3v) is 11.3. The quantitative estimate of drug-likeness (QED) is 0.105. The maximum absolute atomic E-state index is 12.2. The fourth-order valence-electron chi connectivity index (χ4n) is 4.36. The number of carbonyl (C=O) groups excluding carboxylic acids is 2. The largest absolute Gasteiger partial charge is 0.544 e. The number of carboxylic acid groups (broad SMARTS) is 1. The van der Waals surface area contributed by atoms with Crippen molar-refractivity contribution in [3.8, 4) is 11.1 Å². The summed E-state index contributed by atoms with van der Waals surface area (Å²) in [5, 5.41) is 10.5. The number of carboxylic acids is 1. The Morgan fingerprint density at radius 1 is 0.769 bits per heavy atom. The molecular weight excluding hydrogens is 521 g/mol. The molecule has 39 heavy (non-hydrogen) atoms. The Balaban J connectivity index is 0.000000322. The summed E-state index contributed by atoms with van der Waals surface area (Å²) in [4.78, 5) is 24.2. The van der Waals surface area contributed by atoms with Gasteiger partial charge in [0.2, 0.25) is 0 Å². The summed E-state index contributed by atoms with van der Waals surface area (Å²) in [5.41, 5.74) is 2.89. The Labute approximate surface area is 240 Å². The second-order valence-corrected chi connectivity index (χ2v) is 17.3. The fourth-order valence-corrected chi connectivity index (χ4v) is 7.90. The zero-order chi connectivity index (χ0) is 28.5. The van der Waals surface area contributed by atoms with Gasteiger partial charge in [-0.15, -0.1) is 11.3 Å². The Bertz CT molecular complexity index is 1110. The van der Waals surface area contributed by atoms with Crippen molar-refractivity contribution in [2.75, 3.05) is 6.61 Å². The van der Waals surface area contributed by atoms with Gasteiger partial charge in [-0.3, -0.25) is 0 Å². The number of aromatic carboxylic acids is 1. The van der Waals surface area contributed by atoms with Crippen LogP contribution in [0.3, 0.4) is 0 Å². The van der Waals surface area contributed by atoms with Crippen LogP contribution in [0.1, 0.15) is 83.7 Å². The first kappa shape index (κ1) is 32.5. The summed E-state index contributed by atoms with van der Waals surface area (Å²) in [6.07, 6.45) is 9.45. The van der Waals surface area contributed by atoms with E-state index in [1.165, 1.54) is 55.5 Å². The Morgan fingerprint density at radius 2 is 1.41 bits per heavy atom. The van der Waals surface area contributed by atoms with Gasteiger partial charge in [0.25, 0.3) is 0 Å². The van der Waals surface area contributed by atoms with Gasteiger partial charge in [-0.25, -0.2) is 4.79 Å². The summed E-state index contributed by atoms with van der Waals surface area (Å²) < 4.78 is 5.46. The molecule has 0 atom stereocenters. The first-order valence-corrected chi connectivity index (χ1v) is 18.6. The van der Waals surface area contributed by atoms with Crippen LogP contribution in [0, 0.1) is 0 Å². The minimum Gasteiger partial charge on any atom is -0.544 e. The maximum Gasteiger partial charge on any atom is 0.338 e. The molecule has 1 heterocycles. The molecule has 0 aliphatic carbocycles. The van der Waals surface area contributed by atoms with Gasteiger partial charge in [0.05, 0.1) is 23.0 Å². The fraction of sp³-hybridized carbons (Fsp3) is 0.455. The standard InChI is InChI=1S/C22H30O2Si.C11H16O2S/c1-4-5-17-25(2,3)18-9-16-24-22(23)21-14-12-20(13-15-21)19-10-7-6-8-11-19;1-2-3-4-5-6-9-7-8-10(14-9)11(12)13/h6-8,10-15H,4-5,9,16-18H2,1-3H3;7-8H,2-6H2,1H3,(H,12,13)/p-1. The first-order valence-electron chi connectivity index (χ1n) is 14.4. The topological polar surface area (TPSA) is 66.4 Å². The summed E-state index contributed by atoms with van der Waals surface area (Å²) in [6, 6.07) is 24.0. The summed E-state index contributed by atoms with van der Waals surface area (Å²) in [5.74, 6) is -1.28. The van der Waals surface area contributed by atoms with Crippen molar-refractivity contribution in [2.45, 2.75) is 90.4 Å². The molecule has 0 unspecified atom stereocenters. The van der Waals surface area contributed by atoms with E-state index in [0.29, 0.717) is 17.0 Å². The van der Waals surface area contributed by atoms with E-state index >= 15 is 0 Å². The SMILES string of the molecule is CCCCCCc1ccc(C(=O)[O-])s1.CCCC[Si](C)(C)CCCOC(=O)c1ccc(-c2ccccc2)cc1. The van der Waals surface area contributed by atoms with E-state index in [0.717, 1.165) is 35.3 Å². The van der Waals surface area contributed by atoms with Crippen LogP contribution in [0.5, 0.6) is 0 Å². The molecule has 0 fully saturated rings. The van der Waals surface area contributed by atoms with Crippen molar-refractivity contribution in [1.82, 2.24) is 0 Å². The van der Waals surface area contributed by atoms with E-state index in [2.05, 4.69) is 39.1 Å². The number of esters is 1. The smallest absolute Gasteiger partial charge is 0.338 e. The number of carbonyl (C=O) groups is 2. The molecule has 3 rings (SSSR count). The molecule has 0 saturated carbocycles. The molecule has 0 radical (unpaired) electrons. The highest BCUT2D eigenvalue weighted by molar-refractivity contribution is 7.13. The lowest BCUT2D eigenvalue weighted by molar-refractivity contribution is -0.254. The predicted octanol–water partition coefficient (Wildman–Crippen LogP) is 8.64. The van der Waals surface area contributed by atoms with Gasteiger partial charge < -0.3 is 14.6 Å². The van der Waals surface area contributed by atoms with Crippen LogP contribution in [0.4, 0.5) is 0 Å². The summed E-state index contributed by atoms with van der Waals surface area (Å²) >= 11 is 1.34. The van der Waals surface area contributed by atoms with Crippen molar-refractivity contribution < 1.29 is 19.4 Å². The van der Waals surface area contributed by atoms with Crippen LogP contribution >= 0.6 is 11.3 Å². The Morgan fingerprint density at radius 3 is 2.03 bits per heavy atom. The molecule has 0 aliphatic rings. The monoisotopic (exact) mass is 565 g/mol. The maximum atomic E-state index is 12.2. The molecule has 0 spiro atoms. The molecule has 0 N–H and O–H groups in total. The number of aryl methyl sites for hydroxylation is 1. The van der Waals surface area contributed by atoms with E-state index in [9.17, 15) is 14.7 Å². The molecule has 0 aliphatic heterocycles. The highest BCUT2D eigenvalue weighted by atomic mass is 32.1. The third kappa shape index (κ3) is 12.8. The van der Waals surface area contributed by atoms with Crippen molar-refractivity contribution >= 4 is 31.3 Å². The molecule has 0 amide bonds. The van der Waals surface area contributed by atoms with E-state index in [-0.39, 0.29) is 5.97 Å². The van der Waals surface area contributed by atoms with Gasteiger partial charge in [0.15, 0.2) is 0 Å². The van der Waals surface area contributed by atoms with Crippen LogP contribution < -0.4 is 5.11 Å². The molecular formula is C33H45O4SSi-. The van der Waals surface area contributed by atoms with Gasteiger partial charge in [-0.05, 0) is 54.7 Å². The molecule has 212 valence electrons. The molecule has 0 saturated heterocycles. The van der Waals surface area contributed by atoms with E-state index in [1.54, 1.807) is 6.07 Å². The van der Waals surface area contributed by atoms with Crippen molar-refractivity contribution in [3.63, 3.8) is 0 Å².